The van der Waals surface area contributed by atoms with E-state index in [1.165, 1.54) is 24.3 Å². The molecule has 1 fully saturated rings. The van der Waals surface area contributed by atoms with Crippen LogP contribution in [0.25, 0.3) is 11.1 Å². The Morgan fingerprint density at radius 2 is 1.28 bits per heavy atom. The third kappa shape index (κ3) is 4.85. The molecule has 0 saturated heterocycles. The van der Waals surface area contributed by atoms with E-state index in [9.17, 15) is 17.6 Å². The standard InChI is InChI=1S/C23H26F4O2/c1-3-12-28-18-10-8-16(20(24)22(18)26)17-9-11-19(23(27)21(17)25)29-13-15-6-4-14(2)5-7-15/h8-11,14-15H,3-7,12-13H2,1-2H3. The zero-order valence-electron chi connectivity index (χ0n) is 16.7. The quantitative estimate of drug-likeness (QED) is 0.462. The van der Waals surface area contributed by atoms with Gasteiger partial charge in [-0.25, -0.2) is 8.78 Å². The fourth-order valence-corrected chi connectivity index (χ4v) is 3.62. The van der Waals surface area contributed by atoms with Crippen LogP contribution < -0.4 is 9.47 Å². The van der Waals surface area contributed by atoms with Crippen LogP contribution in [0, 0.1) is 35.1 Å². The van der Waals surface area contributed by atoms with E-state index < -0.39 is 23.3 Å². The molecule has 0 N–H and O–H groups in total. The Labute approximate surface area is 168 Å². The summed E-state index contributed by atoms with van der Waals surface area (Å²) in [5.74, 6) is -4.42. The Hall–Kier alpha value is -2.24. The van der Waals surface area contributed by atoms with Crippen LogP contribution in [0.3, 0.4) is 0 Å². The molecule has 0 radical (unpaired) electrons. The summed E-state index contributed by atoms with van der Waals surface area (Å²) in [5.41, 5.74) is -0.727. The zero-order chi connectivity index (χ0) is 21.0. The summed E-state index contributed by atoms with van der Waals surface area (Å²) >= 11 is 0. The Kier molecular flexibility index (Phi) is 7.04. The van der Waals surface area contributed by atoms with Crippen LogP contribution in [0.1, 0.15) is 46.0 Å². The first-order chi connectivity index (χ1) is 13.9. The Morgan fingerprint density at radius 3 is 1.79 bits per heavy atom. The molecule has 0 amide bonds. The minimum Gasteiger partial charge on any atom is -0.490 e. The van der Waals surface area contributed by atoms with Gasteiger partial charge in [0.05, 0.1) is 13.2 Å². The summed E-state index contributed by atoms with van der Waals surface area (Å²) in [6.45, 7) is 4.58. The molecule has 1 aliphatic rings. The van der Waals surface area contributed by atoms with E-state index in [-0.39, 0.29) is 29.2 Å². The monoisotopic (exact) mass is 410 g/mol. The smallest absolute Gasteiger partial charge is 0.201 e. The van der Waals surface area contributed by atoms with Gasteiger partial charge in [-0.15, -0.1) is 0 Å². The van der Waals surface area contributed by atoms with E-state index in [1.54, 1.807) is 0 Å². The van der Waals surface area contributed by atoms with Gasteiger partial charge >= 0.3 is 0 Å². The summed E-state index contributed by atoms with van der Waals surface area (Å²) in [5, 5.41) is 0. The molecule has 158 valence electrons. The molecule has 0 bridgehead atoms. The molecule has 0 heterocycles. The zero-order valence-corrected chi connectivity index (χ0v) is 16.7. The third-order valence-corrected chi connectivity index (χ3v) is 5.46. The van der Waals surface area contributed by atoms with Gasteiger partial charge in [0.15, 0.2) is 23.1 Å². The second-order valence-electron chi connectivity index (χ2n) is 7.76. The summed E-state index contributed by atoms with van der Waals surface area (Å²) < 4.78 is 68.4. The number of benzene rings is 2. The van der Waals surface area contributed by atoms with Crippen molar-refractivity contribution in [2.45, 2.75) is 46.0 Å². The number of hydrogen-bond acceptors (Lipinski definition) is 2. The highest BCUT2D eigenvalue weighted by Crippen LogP contribution is 2.35. The third-order valence-electron chi connectivity index (χ3n) is 5.46. The molecule has 0 aromatic heterocycles. The maximum absolute atomic E-state index is 14.6. The average molecular weight is 410 g/mol. The van der Waals surface area contributed by atoms with Crippen LogP contribution in [0.4, 0.5) is 17.6 Å². The second kappa shape index (κ2) is 9.51. The SMILES string of the molecule is CCCOc1ccc(-c2ccc(OCC3CCC(C)CC3)c(F)c2F)c(F)c1F. The highest BCUT2D eigenvalue weighted by Gasteiger charge is 2.23. The maximum atomic E-state index is 14.6. The summed E-state index contributed by atoms with van der Waals surface area (Å²) in [7, 11) is 0. The van der Waals surface area contributed by atoms with Crippen LogP contribution in [-0.2, 0) is 0 Å². The number of ether oxygens (including phenoxy) is 2. The summed E-state index contributed by atoms with van der Waals surface area (Å²) in [4.78, 5) is 0. The summed E-state index contributed by atoms with van der Waals surface area (Å²) in [6, 6.07) is 4.87. The van der Waals surface area contributed by atoms with Crippen LogP contribution in [-0.4, -0.2) is 13.2 Å². The molecule has 3 rings (SSSR count). The molecule has 6 heteroatoms. The molecule has 2 aromatic carbocycles. The number of hydrogen-bond donors (Lipinski definition) is 0. The number of rotatable bonds is 7. The van der Waals surface area contributed by atoms with Crippen molar-refractivity contribution in [2.24, 2.45) is 11.8 Å². The summed E-state index contributed by atoms with van der Waals surface area (Å²) in [6.07, 6.45) is 4.84. The largest absolute Gasteiger partial charge is 0.490 e. The van der Waals surface area contributed by atoms with Gasteiger partial charge in [-0.2, -0.15) is 8.78 Å². The Morgan fingerprint density at radius 1 is 0.759 bits per heavy atom. The lowest BCUT2D eigenvalue weighted by molar-refractivity contribution is 0.182. The minimum atomic E-state index is -1.28. The lowest BCUT2D eigenvalue weighted by atomic mass is 9.83. The minimum absolute atomic E-state index is 0.214. The van der Waals surface area contributed by atoms with Crippen LogP contribution in [0.5, 0.6) is 11.5 Å². The van der Waals surface area contributed by atoms with Gasteiger partial charge in [0.2, 0.25) is 11.6 Å². The van der Waals surface area contributed by atoms with Crippen molar-refractivity contribution in [3.8, 4) is 22.6 Å². The van der Waals surface area contributed by atoms with E-state index in [1.807, 2.05) is 6.92 Å². The van der Waals surface area contributed by atoms with Crippen LogP contribution in [0.2, 0.25) is 0 Å². The molecule has 1 saturated carbocycles. The average Bonchev–Trinajstić information content (AvgIpc) is 2.72. The van der Waals surface area contributed by atoms with Gasteiger partial charge in [-0.3, -0.25) is 0 Å². The topological polar surface area (TPSA) is 18.5 Å². The van der Waals surface area contributed by atoms with Gasteiger partial charge in [0, 0.05) is 11.1 Å². The van der Waals surface area contributed by atoms with E-state index >= 15 is 0 Å². The predicted octanol–water partition coefficient (Wildman–Crippen LogP) is 6.90. The first-order valence-corrected chi connectivity index (χ1v) is 10.1. The van der Waals surface area contributed by atoms with Crippen molar-refractivity contribution < 1.29 is 27.0 Å². The fraction of sp³-hybridized carbons (Fsp3) is 0.478. The molecule has 2 aromatic rings. The molecule has 29 heavy (non-hydrogen) atoms. The molecule has 2 nitrogen and oxygen atoms in total. The lowest BCUT2D eigenvalue weighted by Gasteiger charge is -2.26. The molecular formula is C23H26F4O2. The first-order valence-electron chi connectivity index (χ1n) is 10.1. The van der Waals surface area contributed by atoms with Crippen molar-refractivity contribution in [3.63, 3.8) is 0 Å². The van der Waals surface area contributed by atoms with Gasteiger partial charge in [-0.1, -0.05) is 26.7 Å². The van der Waals surface area contributed by atoms with Gasteiger partial charge in [0.1, 0.15) is 0 Å². The van der Waals surface area contributed by atoms with Crippen molar-refractivity contribution >= 4 is 0 Å². The van der Waals surface area contributed by atoms with Crippen molar-refractivity contribution in [1.29, 1.82) is 0 Å². The van der Waals surface area contributed by atoms with Gasteiger partial charge in [0.25, 0.3) is 0 Å². The van der Waals surface area contributed by atoms with Gasteiger partial charge < -0.3 is 9.47 Å². The maximum Gasteiger partial charge on any atom is 0.201 e. The van der Waals surface area contributed by atoms with Crippen LogP contribution >= 0.6 is 0 Å². The molecular weight excluding hydrogens is 384 g/mol. The van der Waals surface area contributed by atoms with E-state index in [2.05, 4.69) is 6.92 Å². The lowest BCUT2D eigenvalue weighted by Crippen LogP contribution is -2.19. The fourth-order valence-electron chi connectivity index (χ4n) is 3.62. The van der Waals surface area contributed by atoms with Crippen LogP contribution in [0.15, 0.2) is 24.3 Å². The first kappa shape index (κ1) is 21.5. The van der Waals surface area contributed by atoms with E-state index in [4.69, 9.17) is 9.47 Å². The molecule has 0 aliphatic heterocycles. The van der Waals surface area contributed by atoms with Crippen molar-refractivity contribution in [2.75, 3.05) is 13.2 Å². The highest BCUT2D eigenvalue weighted by molar-refractivity contribution is 5.67. The van der Waals surface area contributed by atoms with E-state index in [0.29, 0.717) is 24.9 Å². The molecule has 0 atom stereocenters. The van der Waals surface area contributed by atoms with Gasteiger partial charge in [-0.05, 0) is 55.4 Å². The second-order valence-corrected chi connectivity index (χ2v) is 7.76. The molecule has 0 unspecified atom stereocenters. The normalized spacial score (nSPS) is 19.2. The highest BCUT2D eigenvalue weighted by atomic mass is 19.2. The van der Waals surface area contributed by atoms with E-state index in [0.717, 1.165) is 25.7 Å². The Balaban J connectivity index is 1.78. The number of halogens is 4. The van der Waals surface area contributed by atoms with Crippen molar-refractivity contribution in [3.05, 3.63) is 47.5 Å². The Bertz CT molecular complexity index is 845. The van der Waals surface area contributed by atoms with Crippen molar-refractivity contribution in [1.82, 2.24) is 0 Å². The molecule has 0 spiro atoms. The predicted molar refractivity (Wildman–Crippen MR) is 104 cm³/mol. The molecule has 1 aliphatic carbocycles.